The van der Waals surface area contributed by atoms with Gasteiger partial charge in [-0.15, -0.1) is 0 Å². The molecule has 0 amide bonds. The second-order valence-corrected chi connectivity index (χ2v) is 4.01. The van der Waals surface area contributed by atoms with Crippen molar-refractivity contribution in [1.82, 2.24) is 0 Å². The maximum absolute atomic E-state index is 11.6. The molecule has 2 unspecified atom stereocenters. The lowest BCUT2D eigenvalue weighted by molar-refractivity contribution is -0.155. The summed E-state index contributed by atoms with van der Waals surface area (Å²) in [6.07, 6.45) is 0.416. The summed E-state index contributed by atoms with van der Waals surface area (Å²) in [4.78, 5) is 22.4. The Bertz CT molecular complexity index is 259. The fraction of sp³-hybridized carbons (Fsp3) is 0.800. The Morgan fingerprint density at radius 1 is 1.57 bits per heavy atom. The van der Waals surface area contributed by atoms with Crippen LogP contribution < -0.4 is 0 Å². The zero-order valence-electron chi connectivity index (χ0n) is 8.74. The summed E-state index contributed by atoms with van der Waals surface area (Å²) in [5.41, 5.74) is -0.762. The number of hydrogen-bond donors (Lipinski definition) is 1. The van der Waals surface area contributed by atoms with Crippen molar-refractivity contribution in [2.24, 2.45) is 17.3 Å². The van der Waals surface area contributed by atoms with Crippen molar-refractivity contribution >= 4 is 11.9 Å². The monoisotopic (exact) mass is 200 g/mol. The molecule has 0 radical (unpaired) electrons. The van der Waals surface area contributed by atoms with Crippen LogP contribution in [-0.2, 0) is 14.3 Å². The number of carboxylic acid groups (broad SMARTS) is 1. The fourth-order valence-electron chi connectivity index (χ4n) is 1.95. The van der Waals surface area contributed by atoms with Gasteiger partial charge in [-0.2, -0.15) is 0 Å². The molecule has 4 nitrogen and oxygen atoms in total. The molecule has 1 aliphatic rings. The third kappa shape index (κ3) is 1.49. The predicted molar refractivity (Wildman–Crippen MR) is 49.6 cm³/mol. The molecule has 80 valence electrons. The lowest BCUT2D eigenvalue weighted by Crippen LogP contribution is -2.28. The summed E-state index contributed by atoms with van der Waals surface area (Å²) < 4.78 is 4.91. The van der Waals surface area contributed by atoms with Crippen LogP contribution in [-0.4, -0.2) is 23.7 Å². The van der Waals surface area contributed by atoms with E-state index in [4.69, 9.17) is 9.84 Å². The first-order valence-corrected chi connectivity index (χ1v) is 4.86. The minimum Gasteiger partial charge on any atom is -0.481 e. The Balaban J connectivity index is 2.78. The quantitative estimate of drug-likeness (QED) is 0.695. The van der Waals surface area contributed by atoms with Crippen LogP contribution in [0.2, 0.25) is 0 Å². The maximum atomic E-state index is 11.6. The molecule has 1 fully saturated rings. The van der Waals surface area contributed by atoms with Gasteiger partial charge in [0.2, 0.25) is 0 Å². The SMILES string of the molecule is CCOC(=O)C1(C(C)C)CC1C(=O)O. The standard InChI is InChI=1S/C10H16O4/c1-4-14-9(13)10(6(2)3)5-7(10)8(11)12/h6-7H,4-5H2,1-3H3,(H,11,12). The number of carbonyl (C=O) groups excluding carboxylic acids is 1. The van der Waals surface area contributed by atoms with Crippen LogP contribution in [0.5, 0.6) is 0 Å². The van der Waals surface area contributed by atoms with E-state index in [1.807, 2.05) is 13.8 Å². The van der Waals surface area contributed by atoms with Gasteiger partial charge in [0.05, 0.1) is 17.9 Å². The number of carboxylic acids is 1. The third-order valence-electron chi connectivity index (χ3n) is 2.99. The van der Waals surface area contributed by atoms with E-state index in [2.05, 4.69) is 0 Å². The number of hydrogen-bond acceptors (Lipinski definition) is 3. The van der Waals surface area contributed by atoms with Crippen molar-refractivity contribution in [1.29, 1.82) is 0 Å². The van der Waals surface area contributed by atoms with Crippen LogP contribution in [0.25, 0.3) is 0 Å². The van der Waals surface area contributed by atoms with Crippen molar-refractivity contribution < 1.29 is 19.4 Å². The highest BCUT2D eigenvalue weighted by molar-refractivity contribution is 5.90. The summed E-state index contributed by atoms with van der Waals surface area (Å²) in [7, 11) is 0. The summed E-state index contributed by atoms with van der Waals surface area (Å²) in [5.74, 6) is -1.79. The molecule has 0 saturated heterocycles. The molecule has 0 aromatic heterocycles. The van der Waals surface area contributed by atoms with Crippen molar-refractivity contribution in [2.75, 3.05) is 6.61 Å². The van der Waals surface area contributed by atoms with Crippen LogP contribution in [0.15, 0.2) is 0 Å². The fourth-order valence-corrected chi connectivity index (χ4v) is 1.95. The Morgan fingerprint density at radius 3 is 2.43 bits per heavy atom. The smallest absolute Gasteiger partial charge is 0.313 e. The van der Waals surface area contributed by atoms with Gasteiger partial charge >= 0.3 is 11.9 Å². The van der Waals surface area contributed by atoms with E-state index in [-0.39, 0.29) is 11.9 Å². The van der Waals surface area contributed by atoms with Crippen molar-refractivity contribution in [2.45, 2.75) is 27.2 Å². The van der Waals surface area contributed by atoms with E-state index < -0.39 is 17.3 Å². The Labute approximate surface area is 83.2 Å². The third-order valence-corrected chi connectivity index (χ3v) is 2.99. The van der Waals surface area contributed by atoms with Crippen LogP contribution >= 0.6 is 0 Å². The molecule has 0 bridgehead atoms. The largest absolute Gasteiger partial charge is 0.481 e. The number of esters is 1. The van der Waals surface area contributed by atoms with Gasteiger partial charge in [0.25, 0.3) is 0 Å². The van der Waals surface area contributed by atoms with Crippen LogP contribution in [0.4, 0.5) is 0 Å². The number of carbonyl (C=O) groups is 2. The summed E-state index contributed by atoms with van der Waals surface area (Å²) in [6, 6.07) is 0. The second-order valence-electron chi connectivity index (χ2n) is 4.01. The molecule has 1 aliphatic carbocycles. The second kappa shape index (κ2) is 3.59. The predicted octanol–water partition coefficient (Wildman–Crippen LogP) is 1.30. The van der Waals surface area contributed by atoms with Crippen molar-refractivity contribution in [3.8, 4) is 0 Å². The molecule has 2 atom stereocenters. The Kier molecular flexibility index (Phi) is 2.83. The highest BCUT2D eigenvalue weighted by Crippen LogP contribution is 2.58. The average molecular weight is 200 g/mol. The molecule has 0 spiro atoms. The molecule has 1 saturated carbocycles. The van der Waals surface area contributed by atoms with Crippen LogP contribution in [0, 0.1) is 17.3 Å². The molecule has 0 aromatic rings. The molecule has 1 rings (SSSR count). The van der Waals surface area contributed by atoms with E-state index in [9.17, 15) is 9.59 Å². The molecule has 14 heavy (non-hydrogen) atoms. The molecule has 0 heterocycles. The highest BCUT2D eigenvalue weighted by Gasteiger charge is 2.66. The maximum Gasteiger partial charge on any atom is 0.313 e. The van der Waals surface area contributed by atoms with Gasteiger partial charge in [0.15, 0.2) is 0 Å². The van der Waals surface area contributed by atoms with Gasteiger partial charge in [0, 0.05) is 0 Å². The van der Waals surface area contributed by atoms with Gasteiger partial charge < -0.3 is 9.84 Å². The van der Waals surface area contributed by atoms with Gasteiger partial charge in [-0.25, -0.2) is 0 Å². The van der Waals surface area contributed by atoms with E-state index in [0.29, 0.717) is 13.0 Å². The first kappa shape index (κ1) is 11.0. The first-order valence-electron chi connectivity index (χ1n) is 4.86. The van der Waals surface area contributed by atoms with Gasteiger partial charge in [-0.3, -0.25) is 9.59 Å². The van der Waals surface area contributed by atoms with Crippen molar-refractivity contribution in [3.63, 3.8) is 0 Å². The van der Waals surface area contributed by atoms with E-state index in [0.717, 1.165) is 0 Å². The Morgan fingerprint density at radius 2 is 2.14 bits per heavy atom. The lowest BCUT2D eigenvalue weighted by atomic mass is 9.90. The summed E-state index contributed by atoms with van der Waals surface area (Å²) in [5, 5.41) is 8.85. The molecular formula is C10H16O4. The van der Waals surface area contributed by atoms with Crippen LogP contribution in [0.1, 0.15) is 27.2 Å². The van der Waals surface area contributed by atoms with Gasteiger partial charge in [-0.1, -0.05) is 13.8 Å². The zero-order valence-corrected chi connectivity index (χ0v) is 8.74. The first-order chi connectivity index (χ1) is 6.46. The molecule has 0 aromatic carbocycles. The van der Waals surface area contributed by atoms with E-state index >= 15 is 0 Å². The minimum absolute atomic E-state index is 0.0163. The van der Waals surface area contributed by atoms with Gasteiger partial charge in [0.1, 0.15) is 0 Å². The van der Waals surface area contributed by atoms with E-state index in [1.165, 1.54) is 0 Å². The minimum atomic E-state index is -0.897. The number of ether oxygens (including phenoxy) is 1. The summed E-state index contributed by atoms with van der Waals surface area (Å²) in [6.45, 7) is 5.75. The zero-order chi connectivity index (χ0) is 10.9. The van der Waals surface area contributed by atoms with Crippen LogP contribution in [0.3, 0.4) is 0 Å². The average Bonchev–Trinajstić information content (AvgIpc) is 2.79. The van der Waals surface area contributed by atoms with Crippen molar-refractivity contribution in [3.05, 3.63) is 0 Å². The van der Waals surface area contributed by atoms with Gasteiger partial charge in [-0.05, 0) is 19.3 Å². The Hall–Kier alpha value is -1.06. The number of rotatable bonds is 4. The molecular weight excluding hydrogens is 184 g/mol. The molecule has 4 heteroatoms. The molecule has 0 aliphatic heterocycles. The number of aliphatic carboxylic acids is 1. The normalized spacial score (nSPS) is 30.1. The highest BCUT2D eigenvalue weighted by atomic mass is 16.5. The van der Waals surface area contributed by atoms with E-state index in [1.54, 1.807) is 6.92 Å². The molecule has 1 N–H and O–H groups in total. The lowest BCUT2D eigenvalue weighted by Gasteiger charge is -2.18. The summed E-state index contributed by atoms with van der Waals surface area (Å²) >= 11 is 0. The topological polar surface area (TPSA) is 63.6 Å².